The lowest BCUT2D eigenvalue weighted by Crippen LogP contribution is -2.18. The normalized spacial score (nSPS) is 27.4. The summed E-state index contributed by atoms with van der Waals surface area (Å²) >= 11 is 0. The molecule has 3 nitrogen and oxygen atoms in total. The standard InChI is InChI=1S/C13H20N2O/c1-2-5-11(6-3-1)15-12(8-9-14-15)13-7-4-10-16-13/h8-9,11,13H,1-7,10H2. The molecule has 0 spiro atoms. The van der Waals surface area contributed by atoms with Gasteiger partial charge in [0.2, 0.25) is 0 Å². The van der Waals surface area contributed by atoms with Gasteiger partial charge in [0.05, 0.1) is 17.8 Å². The predicted octanol–water partition coefficient (Wildman–Crippen LogP) is 3.24. The minimum Gasteiger partial charge on any atom is -0.372 e. The lowest BCUT2D eigenvalue weighted by Gasteiger charge is -2.25. The third kappa shape index (κ3) is 1.88. The second-order valence-corrected chi connectivity index (χ2v) is 4.99. The molecule has 2 aliphatic rings. The molecule has 0 amide bonds. The van der Waals surface area contributed by atoms with Crippen molar-refractivity contribution in [2.24, 2.45) is 0 Å². The average molecular weight is 220 g/mol. The van der Waals surface area contributed by atoms with Gasteiger partial charge in [0.25, 0.3) is 0 Å². The molecule has 88 valence electrons. The van der Waals surface area contributed by atoms with Gasteiger partial charge in [-0.15, -0.1) is 0 Å². The van der Waals surface area contributed by atoms with Crippen molar-refractivity contribution in [1.82, 2.24) is 9.78 Å². The van der Waals surface area contributed by atoms with Crippen molar-refractivity contribution in [3.8, 4) is 0 Å². The van der Waals surface area contributed by atoms with E-state index in [2.05, 4.69) is 15.8 Å². The summed E-state index contributed by atoms with van der Waals surface area (Å²) in [5, 5.41) is 4.52. The molecule has 2 heterocycles. The van der Waals surface area contributed by atoms with E-state index >= 15 is 0 Å². The highest BCUT2D eigenvalue weighted by molar-refractivity contribution is 5.07. The van der Waals surface area contributed by atoms with Gasteiger partial charge in [-0.3, -0.25) is 4.68 Å². The van der Waals surface area contributed by atoms with Gasteiger partial charge in [-0.1, -0.05) is 19.3 Å². The Bertz CT molecular complexity index is 335. The summed E-state index contributed by atoms with van der Waals surface area (Å²) in [5.74, 6) is 0. The first-order valence-electron chi connectivity index (χ1n) is 6.60. The summed E-state index contributed by atoms with van der Waals surface area (Å²) in [6, 6.07) is 2.77. The average Bonchev–Trinajstić information content (AvgIpc) is 3.01. The molecular formula is C13H20N2O. The molecule has 3 heteroatoms. The molecule has 0 aromatic carbocycles. The Morgan fingerprint density at radius 3 is 2.75 bits per heavy atom. The number of rotatable bonds is 2. The molecule has 2 fully saturated rings. The second-order valence-electron chi connectivity index (χ2n) is 4.99. The van der Waals surface area contributed by atoms with E-state index in [1.165, 1.54) is 50.6 Å². The molecule has 1 saturated heterocycles. The van der Waals surface area contributed by atoms with Crippen LogP contribution in [0.25, 0.3) is 0 Å². The van der Waals surface area contributed by atoms with Crippen molar-refractivity contribution in [2.75, 3.05) is 6.61 Å². The molecule has 1 saturated carbocycles. The van der Waals surface area contributed by atoms with E-state index < -0.39 is 0 Å². The van der Waals surface area contributed by atoms with Gasteiger partial charge >= 0.3 is 0 Å². The fourth-order valence-electron chi connectivity index (χ4n) is 3.02. The maximum absolute atomic E-state index is 5.77. The van der Waals surface area contributed by atoms with Crippen LogP contribution in [-0.2, 0) is 4.74 Å². The fourth-order valence-corrected chi connectivity index (χ4v) is 3.02. The molecule has 1 atom stereocenters. The van der Waals surface area contributed by atoms with Crippen LogP contribution >= 0.6 is 0 Å². The maximum Gasteiger partial charge on any atom is 0.0992 e. The van der Waals surface area contributed by atoms with Gasteiger partial charge in [-0.25, -0.2) is 0 Å². The summed E-state index contributed by atoms with van der Waals surface area (Å²) in [6.07, 6.45) is 11.3. The van der Waals surface area contributed by atoms with Crippen LogP contribution in [0, 0.1) is 0 Å². The molecule has 16 heavy (non-hydrogen) atoms. The molecular weight excluding hydrogens is 200 g/mol. The van der Waals surface area contributed by atoms with Gasteiger partial charge in [0, 0.05) is 12.8 Å². The first-order chi connectivity index (χ1) is 7.95. The van der Waals surface area contributed by atoms with Crippen LogP contribution < -0.4 is 0 Å². The summed E-state index contributed by atoms with van der Waals surface area (Å²) in [5.41, 5.74) is 1.31. The zero-order chi connectivity index (χ0) is 10.8. The van der Waals surface area contributed by atoms with Gasteiger partial charge in [0.15, 0.2) is 0 Å². The van der Waals surface area contributed by atoms with Gasteiger partial charge < -0.3 is 4.74 Å². The number of nitrogens with zero attached hydrogens (tertiary/aromatic N) is 2. The Morgan fingerprint density at radius 1 is 1.12 bits per heavy atom. The highest BCUT2D eigenvalue weighted by atomic mass is 16.5. The minimum atomic E-state index is 0.310. The molecule has 1 unspecified atom stereocenters. The topological polar surface area (TPSA) is 27.1 Å². The van der Waals surface area contributed by atoms with Gasteiger partial charge in [0.1, 0.15) is 0 Å². The zero-order valence-electron chi connectivity index (χ0n) is 9.77. The predicted molar refractivity (Wildman–Crippen MR) is 62.3 cm³/mol. The Hall–Kier alpha value is -0.830. The van der Waals surface area contributed by atoms with E-state index in [-0.39, 0.29) is 0 Å². The van der Waals surface area contributed by atoms with E-state index in [0.717, 1.165) is 6.61 Å². The molecule has 1 aliphatic carbocycles. The van der Waals surface area contributed by atoms with Gasteiger partial charge in [-0.2, -0.15) is 5.10 Å². The summed E-state index contributed by atoms with van der Waals surface area (Å²) in [7, 11) is 0. The van der Waals surface area contributed by atoms with E-state index in [0.29, 0.717) is 12.1 Å². The molecule has 3 rings (SSSR count). The largest absolute Gasteiger partial charge is 0.372 e. The van der Waals surface area contributed by atoms with Crippen LogP contribution in [-0.4, -0.2) is 16.4 Å². The van der Waals surface area contributed by atoms with Crippen LogP contribution in [0.4, 0.5) is 0 Å². The second kappa shape index (κ2) is 4.58. The highest BCUT2D eigenvalue weighted by Gasteiger charge is 2.25. The number of aromatic nitrogens is 2. The molecule has 1 aromatic rings. The van der Waals surface area contributed by atoms with Crippen molar-refractivity contribution in [3.63, 3.8) is 0 Å². The third-order valence-electron chi connectivity index (χ3n) is 3.88. The first-order valence-corrected chi connectivity index (χ1v) is 6.60. The Morgan fingerprint density at radius 2 is 2.00 bits per heavy atom. The van der Waals surface area contributed by atoms with Gasteiger partial charge in [-0.05, 0) is 31.7 Å². The maximum atomic E-state index is 5.77. The first kappa shape index (κ1) is 10.3. The van der Waals surface area contributed by atoms with Crippen LogP contribution in [0.15, 0.2) is 12.3 Å². The summed E-state index contributed by atoms with van der Waals surface area (Å²) in [4.78, 5) is 0. The molecule has 0 bridgehead atoms. The number of hydrogen-bond acceptors (Lipinski definition) is 2. The molecule has 0 N–H and O–H groups in total. The Balaban J connectivity index is 1.80. The van der Waals surface area contributed by atoms with Crippen molar-refractivity contribution in [3.05, 3.63) is 18.0 Å². The fraction of sp³-hybridized carbons (Fsp3) is 0.769. The smallest absolute Gasteiger partial charge is 0.0992 e. The zero-order valence-corrected chi connectivity index (χ0v) is 9.77. The number of hydrogen-bond donors (Lipinski definition) is 0. The van der Waals surface area contributed by atoms with E-state index in [9.17, 15) is 0 Å². The lowest BCUT2D eigenvalue weighted by molar-refractivity contribution is 0.101. The lowest BCUT2D eigenvalue weighted by atomic mass is 9.95. The van der Waals surface area contributed by atoms with Crippen molar-refractivity contribution < 1.29 is 4.74 Å². The molecule has 0 radical (unpaired) electrons. The molecule has 1 aromatic heterocycles. The van der Waals surface area contributed by atoms with Crippen molar-refractivity contribution >= 4 is 0 Å². The monoisotopic (exact) mass is 220 g/mol. The van der Waals surface area contributed by atoms with E-state index in [4.69, 9.17) is 4.74 Å². The Kier molecular flexibility index (Phi) is 2.96. The summed E-state index contributed by atoms with van der Waals surface area (Å²) in [6.45, 7) is 0.917. The quantitative estimate of drug-likeness (QED) is 0.765. The number of ether oxygens (including phenoxy) is 1. The van der Waals surface area contributed by atoms with E-state index in [1.54, 1.807) is 0 Å². The van der Waals surface area contributed by atoms with Crippen molar-refractivity contribution in [1.29, 1.82) is 0 Å². The van der Waals surface area contributed by atoms with Crippen LogP contribution in [0.2, 0.25) is 0 Å². The highest BCUT2D eigenvalue weighted by Crippen LogP contribution is 2.34. The third-order valence-corrected chi connectivity index (χ3v) is 3.88. The SMILES string of the molecule is c1cc(C2CCCO2)n(C2CCCCC2)n1. The van der Waals surface area contributed by atoms with Crippen LogP contribution in [0.3, 0.4) is 0 Å². The van der Waals surface area contributed by atoms with Crippen LogP contribution in [0.5, 0.6) is 0 Å². The van der Waals surface area contributed by atoms with E-state index in [1.807, 2.05) is 6.20 Å². The molecule has 1 aliphatic heterocycles. The Labute approximate surface area is 96.8 Å². The minimum absolute atomic E-state index is 0.310. The summed E-state index contributed by atoms with van der Waals surface area (Å²) < 4.78 is 8.01. The van der Waals surface area contributed by atoms with Crippen LogP contribution in [0.1, 0.15) is 62.8 Å². The van der Waals surface area contributed by atoms with Crippen molar-refractivity contribution in [2.45, 2.75) is 57.1 Å².